The van der Waals surface area contributed by atoms with Gasteiger partial charge in [-0.2, -0.15) is 0 Å². The molecule has 1 heterocycles. The lowest BCUT2D eigenvalue weighted by molar-refractivity contribution is 0.0738. The van der Waals surface area contributed by atoms with Gasteiger partial charge < -0.3 is 14.2 Å². The molecular weight excluding hydrogens is 284 g/mol. The average molecular weight is 301 g/mol. The zero-order valence-electron chi connectivity index (χ0n) is 10.2. The highest BCUT2D eigenvalue weighted by atomic mass is 79.9. The lowest BCUT2D eigenvalue weighted by Crippen LogP contribution is -2.06. The number of ether oxygens (including phenoxy) is 3. The number of aryl methyl sites for hydroxylation is 1. The molecule has 0 spiro atoms. The highest BCUT2D eigenvalue weighted by Crippen LogP contribution is 2.36. The van der Waals surface area contributed by atoms with Crippen LogP contribution in [0, 0.1) is 0 Å². The van der Waals surface area contributed by atoms with E-state index in [1.807, 2.05) is 6.07 Å². The Labute approximate surface area is 110 Å². The van der Waals surface area contributed by atoms with Crippen LogP contribution in [0.25, 0.3) is 0 Å². The number of benzene rings is 1. The zero-order chi connectivity index (χ0) is 12.3. The Morgan fingerprint density at radius 1 is 1.29 bits per heavy atom. The smallest absolute Gasteiger partial charge is 0.161 e. The molecule has 1 aromatic rings. The van der Waals surface area contributed by atoms with Crippen molar-refractivity contribution in [2.24, 2.45) is 0 Å². The first-order valence-electron chi connectivity index (χ1n) is 5.72. The Hall–Kier alpha value is -0.740. The number of rotatable bonds is 3. The number of alkyl halides is 1. The summed E-state index contributed by atoms with van der Waals surface area (Å²) in [4.78, 5) is 0. The van der Waals surface area contributed by atoms with E-state index in [1.54, 1.807) is 14.2 Å². The van der Waals surface area contributed by atoms with E-state index < -0.39 is 0 Å². The summed E-state index contributed by atoms with van der Waals surface area (Å²) in [6.45, 7) is 0.801. The van der Waals surface area contributed by atoms with E-state index in [0.29, 0.717) is 0 Å². The van der Waals surface area contributed by atoms with Crippen LogP contribution >= 0.6 is 15.9 Å². The predicted octanol–water partition coefficient (Wildman–Crippen LogP) is 3.10. The highest BCUT2D eigenvalue weighted by molar-refractivity contribution is 9.09. The van der Waals surface area contributed by atoms with E-state index in [2.05, 4.69) is 22.0 Å². The highest BCUT2D eigenvalue weighted by Gasteiger charge is 2.21. The third-order valence-corrected chi connectivity index (χ3v) is 3.63. The number of halogens is 1. The van der Waals surface area contributed by atoms with Gasteiger partial charge in [0.25, 0.3) is 0 Å². The summed E-state index contributed by atoms with van der Waals surface area (Å²) in [7, 11) is 3.32. The van der Waals surface area contributed by atoms with Gasteiger partial charge in [-0.25, -0.2) is 0 Å². The molecule has 4 heteroatoms. The van der Waals surface area contributed by atoms with Crippen molar-refractivity contribution in [2.45, 2.75) is 18.9 Å². The number of hydrogen-bond acceptors (Lipinski definition) is 3. The van der Waals surface area contributed by atoms with Crippen molar-refractivity contribution in [2.75, 3.05) is 26.2 Å². The predicted molar refractivity (Wildman–Crippen MR) is 70.4 cm³/mol. The lowest BCUT2D eigenvalue weighted by Gasteiger charge is -2.18. The van der Waals surface area contributed by atoms with Gasteiger partial charge in [0, 0.05) is 11.9 Å². The second kappa shape index (κ2) is 5.74. The topological polar surface area (TPSA) is 27.7 Å². The molecule has 0 aliphatic carbocycles. The third-order valence-electron chi connectivity index (χ3n) is 3.04. The summed E-state index contributed by atoms with van der Waals surface area (Å²) < 4.78 is 16.5. The largest absolute Gasteiger partial charge is 0.493 e. The minimum absolute atomic E-state index is 0.104. The molecular formula is C13H17BrO3. The van der Waals surface area contributed by atoms with E-state index in [-0.39, 0.29) is 6.10 Å². The Morgan fingerprint density at radius 2 is 2.00 bits per heavy atom. The zero-order valence-corrected chi connectivity index (χ0v) is 11.7. The Bertz CT molecular complexity index is 392. The molecule has 0 unspecified atom stereocenters. The standard InChI is InChI=1S/C13H17BrO3/c1-15-11-6-9-4-3-5-17-13(8-14)10(9)7-12(11)16-2/h6-7,13H,3-5,8H2,1-2H3/t13-/m1/s1. The van der Waals surface area contributed by atoms with E-state index in [9.17, 15) is 0 Å². The van der Waals surface area contributed by atoms with Gasteiger partial charge in [-0.15, -0.1) is 0 Å². The maximum absolute atomic E-state index is 5.81. The SMILES string of the molecule is COc1cc2c(cc1OC)[C@@H](CBr)OCCC2. The average Bonchev–Trinajstić information content (AvgIpc) is 2.58. The van der Waals surface area contributed by atoms with E-state index in [0.717, 1.165) is 36.3 Å². The molecule has 0 saturated heterocycles. The minimum atomic E-state index is 0.104. The van der Waals surface area contributed by atoms with Crippen LogP contribution in [0.5, 0.6) is 11.5 Å². The van der Waals surface area contributed by atoms with E-state index in [4.69, 9.17) is 14.2 Å². The first-order chi connectivity index (χ1) is 8.30. The summed E-state index contributed by atoms with van der Waals surface area (Å²) in [6.07, 6.45) is 2.18. The molecule has 0 saturated carbocycles. The second-order valence-corrected chi connectivity index (χ2v) is 4.67. The molecule has 1 aliphatic heterocycles. The van der Waals surface area contributed by atoms with Crippen molar-refractivity contribution in [1.82, 2.24) is 0 Å². The fourth-order valence-corrected chi connectivity index (χ4v) is 2.69. The fourth-order valence-electron chi connectivity index (χ4n) is 2.16. The van der Waals surface area contributed by atoms with Gasteiger partial charge >= 0.3 is 0 Å². The van der Waals surface area contributed by atoms with Crippen molar-refractivity contribution in [3.8, 4) is 11.5 Å². The third kappa shape index (κ3) is 2.58. The van der Waals surface area contributed by atoms with Crippen molar-refractivity contribution in [3.63, 3.8) is 0 Å². The van der Waals surface area contributed by atoms with Crippen LogP contribution in [0.15, 0.2) is 12.1 Å². The van der Waals surface area contributed by atoms with Crippen molar-refractivity contribution in [3.05, 3.63) is 23.3 Å². The monoisotopic (exact) mass is 300 g/mol. The van der Waals surface area contributed by atoms with Gasteiger partial charge in [-0.05, 0) is 36.1 Å². The molecule has 0 N–H and O–H groups in total. The van der Waals surface area contributed by atoms with Crippen molar-refractivity contribution < 1.29 is 14.2 Å². The Morgan fingerprint density at radius 3 is 2.65 bits per heavy atom. The number of hydrogen-bond donors (Lipinski definition) is 0. The van der Waals surface area contributed by atoms with Crippen LogP contribution in [0.3, 0.4) is 0 Å². The van der Waals surface area contributed by atoms with Crippen LogP contribution < -0.4 is 9.47 Å². The van der Waals surface area contributed by atoms with Crippen LogP contribution in [-0.2, 0) is 11.2 Å². The Balaban J connectivity index is 2.47. The quantitative estimate of drug-likeness (QED) is 0.803. The molecule has 1 atom stereocenters. The van der Waals surface area contributed by atoms with Crippen molar-refractivity contribution in [1.29, 1.82) is 0 Å². The van der Waals surface area contributed by atoms with Crippen LogP contribution in [0.4, 0.5) is 0 Å². The van der Waals surface area contributed by atoms with Gasteiger partial charge in [0.1, 0.15) is 0 Å². The molecule has 0 aromatic heterocycles. The first-order valence-corrected chi connectivity index (χ1v) is 6.84. The maximum Gasteiger partial charge on any atom is 0.161 e. The number of fused-ring (bicyclic) bond motifs is 1. The first kappa shape index (κ1) is 12.7. The molecule has 94 valence electrons. The normalized spacial score (nSPS) is 19.4. The molecule has 1 aromatic carbocycles. The van der Waals surface area contributed by atoms with Crippen LogP contribution in [0.1, 0.15) is 23.7 Å². The van der Waals surface area contributed by atoms with Gasteiger partial charge in [-0.1, -0.05) is 15.9 Å². The minimum Gasteiger partial charge on any atom is -0.493 e. The van der Waals surface area contributed by atoms with Crippen molar-refractivity contribution >= 4 is 15.9 Å². The van der Waals surface area contributed by atoms with Gasteiger partial charge in [0.15, 0.2) is 11.5 Å². The van der Waals surface area contributed by atoms with E-state index >= 15 is 0 Å². The fraction of sp³-hybridized carbons (Fsp3) is 0.538. The number of methoxy groups -OCH3 is 2. The molecule has 0 amide bonds. The van der Waals surface area contributed by atoms with Gasteiger partial charge in [0.2, 0.25) is 0 Å². The summed E-state index contributed by atoms with van der Waals surface area (Å²) >= 11 is 3.50. The molecule has 0 bridgehead atoms. The lowest BCUT2D eigenvalue weighted by atomic mass is 9.99. The molecule has 1 aliphatic rings. The molecule has 2 rings (SSSR count). The maximum atomic E-state index is 5.81. The van der Waals surface area contributed by atoms with Crippen LogP contribution in [0.2, 0.25) is 0 Å². The molecule has 0 radical (unpaired) electrons. The van der Waals surface area contributed by atoms with Gasteiger partial charge in [-0.3, -0.25) is 0 Å². The summed E-state index contributed by atoms with van der Waals surface area (Å²) in [6, 6.07) is 4.10. The van der Waals surface area contributed by atoms with E-state index in [1.165, 1.54) is 11.1 Å². The summed E-state index contributed by atoms with van der Waals surface area (Å²) in [5.41, 5.74) is 2.50. The summed E-state index contributed by atoms with van der Waals surface area (Å²) in [5.74, 6) is 1.56. The second-order valence-electron chi connectivity index (χ2n) is 4.02. The molecule has 17 heavy (non-hydrogen) atoms. The van der Waals surface area contributed by atoms with Crippen LogP contribution in [-0.4, -0.2) is 26.2 Å². The molecule has 3 nitrogen and oxygen atoms in total. The van der Waals surface area contributed by atoms with Gasteiger partial charge in [0.05, 0.1) is 20.3 Å². The summed E-state index contributed by atoms with van der Waals surface area (Å²) in [5, 5.41) is 0.801. The molecule has 0 fully saturated rings. The Kier molecular flexibility index (Phi) is 4.29.